The topological polar surface area (TPSA) is 17.1 Å². The predicted molar refractivity (Wildman–Crippen MR) is 80.7 cm³/mol. The van der Waals surface area contributed by atoms with Crippen molar-refractivity contribution >= 4 is 17.4 Å². The van der Waals surface area contributed by atoms with Crippen LogP contribution in [0.4, 0.5) is 0 Å². The molecule has 2 aromatic rings. The van der Waals surface area contributed by atoms with Crippen LogP contribution < -0.4 is 0 Å². The van der Waals surface area contributed by atoms with E-state index in [2.05, 4.69) is 0 Å². The summed E-state index contributed by atoms with van der Waals surface area (Å²) in [6.07, 6.45) is 0. The summed E-state index contributed by atoms with van der Waals surface area (Å²) >= 11 is 5.92. The van der Waals surface area contributed by atoms with Crippen LogP contribution in [-0.2, 0) is 0 Å². The Morgan fingerprint density at radius 2 is 1.58 bits per heavy atom. The molecule has 0 aliphatic carbocycles. The predicted octanol–water partition coefficient (Wildman–Crippen LogP) is 4.80. The first kappa shape index (κ1) is 13.8. The highest BCUT2D eigenvalue weighted by Crippen LogP contribution is 2.30. The number of benzene rings is 2. The Kier molecular flexibility index (Phi) is 4.06. The lowest BCUT2D eigenvalue weighted by Crippen LogP contribution is -2.26. The first-order valence-electron chi connectivity index (χ1n) is 6.31. The molecular weight excluding hydrogens is 256 g/mol. The fourth-order valence-electron chi connectivity index (χ4n) is 1.98. The van der Waals surface area contributed by atoms with Crippen molar-refractivity contribution in [2.24, 2.45) is 5.41 Å². The van der Waals surface area contributed by atoms with E-state index < -0.39 is 5.41 Å². The summed E-state index contributed by atoms with van der Waals surface area (Å²) in [6.45, 7) is 3.76. The SMILES string of the molecule is CC(C)(CCl)C(=O)c1ccccc1-c1ccccc1. The quantitative estimate of drug-likeness (QED) is 0.577. The molecule has 2 heteroatoms. The van der Waals surface area contributed by atoms with Gasteiger partial charge in [-0.15, -0.1) is 11.6 Å². The molecule has 0 heterocycles. The van der Waals surface area contributed by atoms with Crippen molar-refractivity contribution in [3.05, 3.63) is 60.2 Å². The summed E-state index contributed by atoms with van der Waals surface area (Å²) in [5, 5.41) is 0. The van der Waals surface area contributed by atoms with Gasteiger partial charge < -0.3 is 0 Å². The maximum Gasteiger partial charge on any atom is 0.170 e. The number of Topliss-reactive ketones (excluding diaryl/α,β-unsaturated/α-hetero) is 1. The van der Waals surface area contributed by atoms with Crippen LogP contribution in [-0.4, -0.2) is 11.7 Å². The van der Waals surface area contributed by atoms with Gasteiger partial charge in [0, 0.05) is 16.9 Å². The molecule has 0 unspecified atom stereocenters. The Bertz CT molecular complexity index is 573. The molecule has 0 aliphatic heterocycles. The summed E-state index contributed by atoms with van der Waals surface area (Å²) in [7, 11) is 0. The zero-order valence-corrected chi connectivity index (χ0v) is 11.9. The van der Waals surface area contributed by atoms with E-state index in [-0.39, 0.29) is 5.78 Å². The van der Waals surface area contributed by atoms with E-state index in [0.717, 1.165) is 16.7 Å². The fourth-order valence-corrected chi connectivity index (χ4v) is 2.10. The molecular formula is C17H17ClO. The van der Waals surface area contributed by atoms with Gasteiger partial charge in [0.1, 0.15) is 0 Å². The third kappa shape index (κ3) is 2.87. The van der Waals surface area contributed by atoms with Crippen molar-refractivity contribution in [2.75, 3.05) is 5.88 Å². The number of halogens is 1. The zero-order chi connectivity index (χ0) is 13.9. The number of carbonyl (C=O) groups is 1. The van der Waals surface area contributed by atoms with Gasteiger partial charge in [-0.25, -0.2) is 0 Å². The number of hydrogen-bond donors (Lipinski definition) is 0. The average molecular weight is 273 g/mol. The minimum Gasteiger partial charge on any atom is -0.294 e. The van der Waals surface area contributed by atoms with Crippen molar-refractivity contribution in [3.63, 3.8) is 0 Å². The highest BCUT2D eigenvalue weighted by molar-refractivity contribution is 6.21. The van der Waals surface area contributed by atoms with Crippen molar-refractivity contribution in [1.82, 2.24) is 0 Å². The van der Waals surface area contributed by atoms with E-state index in [9.17, 15) is 4.79 Å². The van der Waals surface area contributed by atoms with E-state index in [0.29, 0.717) is 5.88 Å². The molecule has 0 N–H and O–H groups in total. The molecule has 0 aliphatic rings. The van der Waals surface area contributed by atoms with E-state index in [4.69, 9.17) is 11.6 Å². The van der Waals surface area contributed by atoms with Crippen LogP contribution in [0.15, 0.2) is 54.6 Å². The molecule has 0 saturated heterocycles. The van der Waals surface area contributed by atoms with E-state index >= 15 is 0 Å². The molecule has 2 aromatic carbocycles. The molecule has 0 aromatic heterocycles. The highest BCUT2D eigenvalue weighted by Gasteiger charge is 2.29. The Labute approximate surface area is 119 Å². The standard InChI is InChI=1S/C17H17ClO/c1-17(2,12-18)16(19)15-11-7-6-10-14(15)13-8-4-3-5-9-13/h3-11H,12H2,1-2H3. The fraction of sp³-hybridized carbons (Fsp3) is 0.235. The third-order valence-corrected chi connectivity index (χ3v) is 3.87. The molecule has 2 rings (SSSR count). The van der Waals surface area contributed by atoms with Gasteiger partial charge in [-0.3, -0.25) is 4.79 Å². The van der Waals surface area contributed by atoms with Crippen molar-refractivity contribution in [3.8, 4) is 11.1 Å². The summed E-state index contributed by atoms with van der Waals surface area (Å²) in [4.78, 5) is 12.6. The van der Waals surface area contributed by atoms with Crippen molar-refractivity contribution in [2.45, 2.75) is 13.8 Å². The Balaban J connectivity index is 2.52. The summed E-state index contributed by atoms with van der Waals surface area (Å²) in [5.41, 5.74) is 2.20. The lowest BCUT2D eigenvalue weighted by molar-refractivity contribution is 0.0862. The highest BCUT2D eigenvalue weighted by atomic mass is 35.5. The molecule has 0 atom stereocenters. The number of carbonyl (C=O) groups excluding carboxylic acids is 1. The van der Waals surface area contributed by atoms with Crippen LogP contribution in [0.5, 0.6) is 0 Å². The van der Waals surface area contributed by atoms with Crippen molar-refractivity contribution < 1.29 is 4.79 Å². The van der Waals surface area contributed by atoms with Gasteiger partial charge in [0.15, 0.2) is 5.78 Å². The van der Waals surface area contributed by atoms with Crippen molar-refractivity contribution in [1.29, 1.82) is 0 Å². The molecule has 0 amide bonds. The van der Waals surface area contributed by atoms with Gasteiger partial charge in [-0.05, 0) is 11.1 Å². The number of alkyl halides is 1. The number of rotatable bonds is 4. The first-order chi connectivity index (χ1) is 9.06. The Morgan fingerprint density at radius 1 is 1.00 bits per heavy atom. The van der Waals surface area contributed by atoms with Crippen LogP contribution in [0, 0.1) is 5.41 Å². The maximum atomic E-state index is 12.6. The maximum absolute atomic E-state index is 12.6. The van der Waals surface area contributed by atoms with Gasteiger partial charge in [0.05, 0.1) is 0 Å². The van der Waals surface area contributed by atoms with E-state index in [1.807, 2.05) is 68.4 Å². The van der Waals surface area contributed by atoms with Gasteiger partial charge >= 0.3 is 0 Å². The molecule has 0 radical (unpaired) electrons. The Hall–Kier alpha value is -1.60. The van der Waals surface area contributed by atoms with Gasteiger partial charge in [0.2, 0.25) is 0 Å². The van der Waals surface area contributed by atoms with Gasteiger partial charge in [-0.2, -0.15) is 0 Å². The molecule has 0 bridgehead atoms. The molecule has 0 fully saturated rings. The second-order valence-corrected chi connectivity index (χ2v) is 5.53. The summed E-state index contributed by atoms with van der Waals surface area (Å²) < 4.78 is 0. The largest absolute Gasteiger partial charge is 0.294 e. The lowest BCUT2D eigenvalue weighted by atomic mass is 9.83. The van der Waals surface area contributed by atoms with Crippen LogP contribution in [0.25, 0.3) is 11.1 Å². The van der Waals surface area contributed by atoms with E-state index in [1.54, 1.807) is 0 Å². The second-order valence-electron chi connectivity index (χ2n) is 5.26. The Morgan fingerprint density at radius 3 is 2.21 bits per heavy atom. The van der Waals surface area contributed by atoms with Crippen LogP contribution >= 0.6 is 11.6 Å². The molecule has 98 valence electrons. The van der Waals surface area contributed by atoms with Crippen LogP contribution in [0.3, 0.4) is 0 Å². The zero-order valence-electron chi connectivity index (χ0n) is 11.2. The molecule has 19 heavy (non-hydrogen) atoms. The minimum absolute atomic E-state index is 0.0851. The summed E-state index contributed by atoms with van der Waals surface area (Å²) in [5.74, 6) is 0.400. The van der Waals surface area contributed by atoms with E-state index in [1.165, 1.54) is 0 Å². The smallest absolute Gasteiger partial charge is 0.170 e. The third-order valence-electron chi connectivity index (χ3n) is 3.21. The minimum atomic E-state index is -0.549. The van der Waals surface area contributed by atoms with Gasteiger partial charge in [0.25, 0.3) is 0 Å². The lowest BCUT2D eigenvalue weighted by Gasteiger charge is -2.21. The van der Waals surface area contributed by atoms with Crippen LogP contribution in [0.1, 0.15) is 24.2 Å². The number of hydrogen-bond acceptors (Lipinski definition) is 1. The molecule has 0 saturated carbocycles. The first-order valence-corrected chi connectivity index (χ1v) is 6.85. The molecule has 0 spiro atoms. The number of ketones is 1. The summed E-state index contributed by atoms with van der Waals surface area (Å²) in [6, 6.07) is 17.6. The average Bonchev–Trinajstić information content (AvgIpc) is 2.47. The normalized spacial score (nSPS) is 11.3. The monoisotopic (exact) mass is 272 g/mol. The molecule has 1 nitrogen and oxygen atoms in total. The van der Waals surface area contributed by atoms with Crippen LogP contribution in [0.2, 0.25) is 0 Å². The van der Waals surface area contributed by atoms with Gasteiger partial charge in [-0.1, -0.05) is 68.4 Å². The second kappa shape index (κ2) is 5.58.